The van der Waals surface area contributed by atoms with Gasteiger partial charge in [-0.2, -0.15) is 10.4 Å². The second-order valence-corrected chi connectivity index (χ2v) is 9.47. The summed E-state index contributed by atoms with van der Waals surface area (Å²) in [6, 6.07) is 14.1. The number of aliphatic hydroxyl groups is 1. The molecule has 0 aliphatic carbocycles. The summed E-state index contributed by atoms with van der Waals surface area (Å²) in [4.78, 5) is 23.9. The topological polar surface area (TPSA) is 145 Å². The van der Waals surface area contributed by atoms with E-state index in [1.54, 1.807) is 42.5 Å². The number of carbonyl (C=O) groups is 2. The van der Waals surface area contributed by atoms with Crippen molar-refractivity contribution in [3.63, 3.8) is 0 Å². The first-order chi connectivity index (χ1) is 17.7. The third kappa shape index (κ3) is 8.46. The number of carbonyl (C=O) groups excluding carboxylic acids is 2. The lowest BCUT2D eigenvalue weighted by Crippen LogP contribution is -2.53. The number of benzene rings is 2. The lowest BCUT2D eigenvalue weighted by molar-refractivity contribution is -0.123. The quantitative estimate of drug-likeness (QED) is 0.310. The number of hydrazone groups is 1. The molecule has 0 unspecified atom stereocenters. The Bertz CT molecular complexity index is 1190. The van der Waals surface area contributed by atoms with E-state index in [-0.39, 0.29) is 38.0 Å². The average molecular weight is 528 g/mol. The molecule has 0 saturated heterocycles. The van der Waals surface area contributed by atoms with Crippen LogP contribution < -0.4 is 25.5 Å². The third-order valence-electron chi connectivity index (χ3n) is 5.47. The van der Waals surface area contributed by atoms with Gasteiger partial charge >= 0.3 is 0 Å². The minimum absolute atomic E-state index is 0.161. The van der Waals surface area contributed by atoms with Gasteiger partial charge in [0, 0.05) is 36.9 Å². The summed E-state index contributed by atoms with van der Waals surface area (Å²) in [6.45, 7) is 3.83. The summed E-state index contributed by atoms with van der Waals surface area (Å²) < 4.78 is 11.3. The first-order valence-electron chi connectivity index (χ1n) is 11.8. The van der Waals surface area contributed by atoms with Crippen molar-refractivity contribution >= 4 is 29.1 Å². The molecule has 1 aliphatic heterocycles. The van der Waals surface area contributed by atoms with Crippen LogP contribution in [0.4, 0.5) is 0 Å². The molecule has 0 fully saturated rings. The van der Waals surface area contributed by atoms with Crippen molar-refractivity contribution in [3.05, 3.63) is 58.6 Å². The number of aliphatic hydroxyl groups excluding tert-OH is 1. The molecule has 0 bridgehead atoms. The molecular formula is C26H30ClN5O5. The molecule has 0 aromatic heterocycles. The standard InChI is InChI=1S/C26H30ClN5O5/c1-26(2,30-22(33)12-13-36-21-9-4-3-6-17(21)14-28)16-29-24(35)15-37-25-18(7-5-8-19(25)27)20-10-11-23(34)32-31-20/h3-9,22,30,33H,10-13,15-16H2,1-2H3,(H,29,35)(H,32,34)/t22-/m0/s1. The fourth-order valence-electron chi connectivity index (χ4n) is 3.60. The van der Waals surface area contributed by atoms with Crippen LogP contribution in [0.1, 0.15) is 44.2 Å². The fourth-order valence-corrected chi connectivity index (χ4v) is 3.83. The van der Waals surface area contributed by atoms with E-state index in [9.17, 15) is 14.7 Å². The molecule has 1 atom stereocenters. The number of ether oxygens (including phenoxy) is 2. The van der Waals surface area contributed by atoms with Crippen LogP contribution in [0.15, 0.2) is 47.6 Å². The minimum atomic E-state index is -0.889. The monoisotopic (exact) mass is 527 g/mol. The Balaban J connectivity index is 1.45. The second-order valence-electron chi connectivity index (χ2n) is 9.06. The van der Waals surface area contributed by atoms with Gasteiger partial charge in [0.2, 0.25) is 5.91 Å². The van der Waals surface area contributed by atoms with Crippen LogP contribution in [0.3, 0.4) is 0 Å². The fraction of sp³-hybridized carbons (Fsp3) is 0.385. The number of amides is 2. The molecule has 3 rings (SSSR count). The summed E-state index contributed by atoms with van der Waals surface area (Å²) in [6.07, 6.45) is 0.130. The molecule has 2 aromatic rings. The first-order valence-corrected chi connectivity index (χ1v) is 12.2. The minimum Gasteiger partial charge on any atom is -0.492 e. The number of nitriles is 1. The highest BCUT2D eigenvalue weighted by molar-refractivity contribution is 6.32. The van der Waals surface area contributed by atoms with E-state index >= 15 is 0 Å². The number of halogens is 1. The van der Waals surface area contributed by atoms with Gasteiger partial charge in [0.05, 0.1) is 22.9 Å². The van der Waals surface area contributed by atoms with E-state index < -0.39 is 11.8 Å². The molecule has 10 nitrogen and oxygen atoms in total. The maximum absolute atomic E-state index is 12.5. The van der Waals surface area contributed by atoms with Gasteiger partial charge in [0.1, 0.15) is 23.8 Å². The maximum atomic E-state index is 12.5. The van der Waals surface area contributed by atoms with Crippen molar-refractivity contribution in [2.75, 3.05) is 19.8 Å². The van der Waals surface area contributed by atoms with Crippen LogP contribution in [0.2, 0.25) is 5.02 Å². The van der Waals surface area contributed by atoms with Crippen LogP contribution >= 0.6 is 11.6 Å². The zero-order valence-electron chi connectivity index (χ0n) is 20.7. The molecule has 0 radical (unpaired) electrons. The number of rotatable bonds is 12. The van der Waals surface area contributed by atoms with Gasteiger partial charge in [-0.05, 0) is 38.1 Å². The molecule has 11 heteroatoms. The zero-order valence-corrected chi connectivity index (χ0v) is 21.5. The predicted octanol–water partition coefficient (Wildman–Crippen LogP) is 2.48. The van der Waals surface area contributed by atoms with Crippen LogP contribution in [-0.2, 0) is 9.59 Å². The van der Waals surface area contributed by atoms with E-state index in [4.69, 9.17) is 26.3 Å². The number of para-hydroxylation sites is 2. The second kappa shape index (κ2) is 13.1. The number of nitrogens with zero attached hydrogens (tertiary/aromatic N) is 2. The smallest absolute Gasteiger partial charge is 0.258 e. The number of nitrogens with one attached hydrogen (secondary N) is 3. The van der Waals surface area contributed by atoms with Crippen molar-refractivity contribution in [1.82, 2.24) is 16.1 Å². The zero-order chi connectivity index (χ0) is 26.8. The van der Waals surface area contributed by atoms with Gasteiger partial charge in [-0.25, -0.2) is 5.43 Å². The molecule has 1 heterocycles. The summed E-state index contributed by atoms with van der Waals surface area (Å²) in [5.41, 5.74) is 3.48. The normalized spacial score (nSPS) is 14.1. The first kappa shape index (κ1) is 27.9. The highest BCUT2D eigenvalue weighted by Crippen LogP contribution is 2.30. The SMILES string of the molecule is CC(C)(CNC(=O)COc1c(Cl)cccc1C1=NNC(=O)CC1)N[C@@H](O)CCOc1ccccc1C#N. The molecule has 2 aromatic carbocycles. The predicted molar refractivity (Wildman–Crippen MR) is 138 cm³/mol. The van der Waals surface area contributed by atoms with Gasteiger partial charge in [0.25, 0.3) is 5.91 Å². The number of hydrogen-bond donors (Lipinski definition) is 4. The van der Waals surface area contributed by atoms with E-state index in [1.807, 2.05) is 13.8 Å². The molecule has 0 spiro atoms. The van der Waals surface area contributed by atoms with Crippen LogP contribution in [-0.4, -0.2) is 54.2 Å². The Morgan fingerprint density at radius 2 is 2.03 bits per heavy atom. The Morgan fingerprint density at radius 3 is 2.76 bits per heavy atom. The van der Waals surface area contributed by atoms with Gasteiger partial charge in [-0.15, -0.1) is 0 Å². The summed E-state index contributed by atoms with van der Waals surface area (Å²) in [7, 11) is 0. The van der Waals surface area contributed by atoms with Crippen molar-refractivity contribution in [2.45, 2.75) is 44.9 Å². The van der Waals surface area contributed by atoms with Crippen LogP contribution in [0.25, 0.3) is 0 Å². The summed E-state index contributed by atoms with van der Waals surface area (Å²) >= 11 is 6.30. The molecule has 0 saturated carbocycles. The highest BCUT2D eigenvalue weighted by atomic mass is 35.5. The van der Waals surface area contributed by atoms with Crippen LogP contribution in [0, 0.1) is 11.3 Å². The number of hydrogen-bond acceptors (Lipinski definition) is 8. The van der Waals surface area contributed by atoms with Gasteiger partial charge in [0.15, 0.2) is 6.61 Å². The van der Waals surface area contributed by atoms with E-state index in [2.05, 4.69) is 27.2 Å². The molecule has 2 amide bonds. The van der Waals surface area contributed by atoms with Crippen LogP contribution in [0.5, 0.6) is 11.5 Å². The highest BCUT2D eigenvalue weighted by Gasteiger charge is 2.23. The van der Waals surface area contributed by atoms with E-state index in [1.165, 1.54) is 0 Å². The van der Waals surface area contributed by atoms with Gasteiger partial charge in [-0.1, -0.05) is 29.8 Å². The Hall–Kier alpha value is -3.65. The molecule has 1 aliphatic rings. The largest absolute Gasteiger partial charge is 0.492 e. The van der Waals surface area contributed by atoms with Gasteiger partial charge in [-0.3, -0.25) is 14.9 Å². The molecule has 37 heavy (non-hydrogen) atoms. The van der Waals surface area contributed by atoms with E-state index in [0.29, 0.717) is 46.2 Å². The maximum Gasteiger partial charge on any atom is 0.258 e. The summed E-state index contributed by atoms with van der Waals surface area (Å²) in [5.74, 6) is 0.252. The van der Waals surface area contributed by atoms with Crippen molar-refractivity contribution < 1.29 is 24.2 Å². The third-order valence-corrected chi connectivity index (χ3v) is 5.77. The molecule has 4 N–H and O–H groups in total. The molecule has 196 valence electrons. The van der Waals surface area contributed by atoms with E-state index in [0.717, 1.165) is 0 Å². The lowest BCUT2D eigenvalue weighted by atomic mass is 10.0. The summed E-state index contributed by atoms with van der Waals surface area (Å²) in [5, 5.41) is 29.7. The Labute approximate surface area is 220 Å². The van der Waals surface area contributed by atoms with Crippen molar-refractivity contribution in [2.24, 2.45) is 5.10 Å². The Kier molecular flexibility index (Phi) is 9.85. The Morgan fingerprint density at radius 1 is 1.24 bits per heavy atom. The van der Waals surface area contributed by atoms with Gasteiger partial charge < -0.3 is 19.9 Å². The molecular weight excluding hydrogens is 498 g/mol. The average Bonchev–Trinajstić information content (AvgIpc) is 2.87. The lowest BCUT2D eigenvalue weighted by Gasteiger charge is -2.29. The van der Waals surface area contributed by atoms with Crippen molar-refractivity contribution in [1.29, 1.82) is 5.26 Å². The van der Waals surface area contributed by atoms with Crippen molar-refractivity contribution in [3.8, 4) is 17.6 Å².